The quantitative estimate of drug-likeness (QED) is 0.816. The second kappa shape index (κ2) is 4.42. The van der Waals surface area contributed by atoms with Crippen LogP contribution in [0.4, 0.5) is 0 Å². The first-order valence-electron chi connectivity index (χ1n) is 5.15. The zero-order valence-corrected chi connectivity index (χ0v) is 9.97. The van der Waals surface area contributed by atoms with Gasteiger partial charge in [-0.25, -0.2) is 0 Å². The third-order valence-corrected chi connectivity index (χ3v) is 3.04. The van der Waals surface area contributed by atoms with E-state index in [1.807, 2.05) is 13.8 Å². The van der Waals surface area contributed by atoms with Crippen molar-refractivity contribution in [3.8, 4) is 5.75 Å². The molecule has 0 heterocycles. The van der Waals surface area contributed by atoms with Gasteiger partial charge in [-0.2, -0.15) is 0 Å². The molecular formula is C12H18ClNO. The van der Waals surface area contributed by atoms with Gasteiger partial charge in [-0.05, 0) is 61.4 Å². The largest absolute Gasteiger partial charge is 0.508 e. The minimum atomic E-state index is 0. The van der Waals surface area contributed by atoms with Crippen molar-refractivity contribution in [3.05, 3.63) is 28.8 Å². The molecule has 1 aromatic carbocycles. The zero-order valence-electron chi connectivity index (χ0n) is 9.16. The van der Waals surface area contributed by atoms with E-state index in [2.05, 4.69) is 0 Å². The third-order valence-electron chi connectivity index (χ3n) is 3.04. The maximum Gasteiger partial charge on any atom is 0.116 e. The Balaban J connectivity index is 0.00000112. The Labute approximate surface area is 96.9 Å². The van der Waals surface area contributed by atoms with Gasteiger partial charge in [0.15, 0.2) is 0 Å². The SMILES string of the molecule is Cc1cc(O)cc(C)c1[C@H](N)C1CC1.Cl. The Morgan fingerprint density at radius 1 is 1.27 bits per heavy atom. The molecule has 1 fully saturated rings. The minimum Gasteiger partial charge on any atom is -0.508 e. The monoisotopic (exact) mass is 227 g/mol. The number of phenolic OH excluding ortho intramolecular Hbond substituents is 1. The molecule has 1 aliphatic rings. The topological polar surface area (TPSA) is 46.2 Å². The first-order chi connectivity index (χ1) is 6.59. The fourth-order valence-corrected chi connectivity index (χ4v) is 2.17. The highest BCUT2D eigenvalue weighted by Crippen LogP contribution is 2.41. The molecule has 1 atom stereocenters. The Kier molecular flexibility index (Phi) is 3.63. The highest BCUT2D eigenvalue weighted by atomic mass is 35.5. The van der Waals surface area contributed by atoms with E-state index in [4.69, 9.17) is 5.73 Å². The van der Waals surface area contributed by atoms with Gasteiger partial charge in [0.25, 0.3) is 0 Å². The number of phenols is 1. The molecule has 1 aromatic rings. The van der Waals surface area contributed by atoms with Crippen LogP contribution in [-0.4, -0.2) is 5.11 Å². The van der Waals surface area contributed by atoms with Crippen molar-refractivity contribution >= 4 is 12.4 Å². The van der Waals surface area contributed by atoms with Crippen LogP contribution < -0.4 is 5.73 Å². The summed E-state index contributed by atoms with van der Waals surface area (Å²) >= 11 is 0. The number of aryl methyl sites for hydroxylation is 2. The number of benzene rings is 1. The van der Waals surface area contributed by atoms with Gasteiger partial charge in [0.1, 0.15) is 5.75 Å². The second-order valence-electron chi connectivity index (χ2n) is 4.36. The maximum atomic E-state index is 9.41. The molecule has 84 valence electrons. The summed E-state index contributed by atoms with van der Waals surface area (Å²) in [6.45, 7) is 4.04. The molecule has 1 saturated carbocycles. The smallest absolute Gasteiger partial charge is 0.116 e. The van der Waals surface area contributed by atoms with Crippen molar-refractivity contribution in [2.45, 2.75) is 32.7 Å². The third kappa shape index (κ3) is 2.44. The molecular weight excluding hydrogens is 210 g/mol. The summed E-state index contributed by atoms with van der Waals surface area (Å²) in [4.78, 5) is 0. The molecule has 3 N–H and O–H groups in total. The number of halogens is 1. The predicted octanol–water partition coefficient (Wildman–Crippen LogP) is 2.84. The van der Waals surface area contributed by atoms with Gasteiger partial charge >= 0.3 is 0 Å². The van der Waals surface area contributed by atoms with E-state index in [1.54, 1.807) is 12.1 Å². The zero-order chi connectivity index (χ0) is 10.3. The lowest BCUT2D eigenvalue weighted by atomic mass is 9.93. The van der Waals surface area contributed by atoms with Crippen LogP contribution in [0.2, 0.25) is 0 Å². The Morgan fingerprint density at radius 3 is 2.13 bits per heavy atom. The van der Waals surface area contributed by atoms with Crippen LogP contribution in [0.5, 0.6) is 5.75 Å². The first kappa shape index (κ1) is 12.3. The Hall–Kier alpha value is -0.730. The molecule has 0 radical (unpaired) electrons. The lowest BCUT2D eigenvalue weighted by Crippen LogP contribution is -2.15. The minimum absolute atomic E-state index is 0. The number of hydrogen-bond acceptors (Lipinski definition) is 2. The number of aromatic hydroxyl groups is 1. The molecule has 0 aliphatic heterocycles. The van der Waals surface area contributed by atoms with Gasteiger partial charge in [0.2, 0.25) is 0 Å². The van der Waals surface area contributed by atoms with Gasteiger partial charge in [0.05, 0.1) is 0 Å². The molecule has 2 nitrogen and oxygen atoms in total. The fraction of sp³-hybridized carbons (Fsp3) is 0.500. The van der Waals surface area contributed by atoms with E-state index in [-0.39, 0.29) is 18.4 Å². The number of hydrogen-bond donors (Lipinski definition) is 2. The second-order valence-corrected chi connectivity index (χ2v) is 4.36. The van der Waals surface area contributed by atoms with E-state index >= 15 is 0 Å². The highest BCUT2D eigenvalue weighted by Gasteiger charge is 2.31. The van der Waals surface area contributed by atoms with E-state index < -0.39 is 0 Å². The summed E-state index contributed by atoms with van der Waals surface area (Å²) in [6.07, 6.45) is 2.50. The van der Waals surface area contributed by atoms with Gasteiger partial charge in [-0.15, -0.1) is 12.4 Å². The summed E-state index contributed by atoms with van der Waals surface area (Å²) in [5.74, 6) is 1.00. The van der Waals surface area contributed by atoms with E-state index in [0.717, 1.165) is 11.1 Å². The van der Waals surface area contributed by atoms with Crippen LogP contribution in [0, 0.1) is 19.8 Å². The number of rotatable bonds is 2. The molecule has 15 heavy (non-hydrogen) atoms. The average Bonchev–Trinajstić information content (AvgIpc) is 2.83. The summed E-state index contributed by atoms with van der Waals surface area (Å²) < 4.78 is 0. The molecule has 0 aromatic heterocycles. The van der Waals surface area contributed by atoms with Crippen molar-refractivity contribution < 1.29 is 5.11 Å². The fourth-order valence-electron chi connectivity index (χ4n) is 2.17. The lowest BCUT2D eigenvalue weighted by Gasteiger charge is -2.17. The van der Waals surface area contributed by atoms with Crippen LogP contribution in [0.1, 0.15) is 35.6 Å². The standard InChI is InChI=1S/C12H17NO.ClH/c1-7-5-10(14)6-8(2)11(7)12(13)9-3-4-9;/h5-6,9,12,14H,3-4,13H2,1-2H3;1H/t12-;/m1./s1. The molecule has 1 aliphatic carbocycles. The highest BCUT2D eigenvalue weighted by molar-refractivity contribution is 5.85. The summed E-state index contributed by atoms with van der Waals surface area (Å²) in [5.41, 5.74) is 9.62. The molecule has 2 rings (SSSR count). The Morgan fingerprint density at radius 2 is 1.73 bits per heavy atom. The molecule has 3 heteroatoms. The molecule has 0 unspecified atom stereocenters. The van der Waals surface area contributed by atoms with Crippen LogP contribution in [0.25, 0.3) is 0 Å². The first-order valence-corrected chi connectivity index (χ1v) is 5.15. The molecule has 0 spiro atoms. The lowest BCUT2D eigenvalue weighted by molar-refractivity contribution is 0.473. The van der Waals surface area contributed by atoms with Gasteiger partial charge in [0, 0.05) is 6.04 Å². The van der Waals surface area contributed by atoms with Crippen LogP contribution in [0.15, 0.2) is 12.1 Å². The number of nitrogens with two attached hydrogens (primary N) is 1. The molecule has 0 bridgehead atoms. The van der Waals surface area contributed by atoms with Crippen molar-refractivity contribution in [3.63, 3.8) is 0 Å². The van der Waals surface area contributed by atoms with Crippen molar-refractivity contribution in [1.82, 2.24) is 0 Å². The molecule has 0 amide bonds. The normalized spacial score (nSPS) is 17.0. The predicted molar refractivity (Wildman–Crippen MR) is 64.5 cm³/mol. The van der Waals surface area contributed by atoms with Crippen molar-refractivity contribution in [2.75, 3.05) is 0 Å². The maximum absolute atomic E-state index is 9.41. The summed E-state index contributed by atoms with van der Waals surface area (Å²) in [7, 11) is 0. The Bertz CT molecular complexity index is 338. The van der Waals surface area contributed by atoms with Crippen LogP contribution >= 0.6 is 12.4 Å². The summed E-state index contributed by atoms with van der Waals surface area (Å²) in [5, 5.41) is 9.41. The van der Waals surface area contributed by atoms with E-state index in [0.29, 0.717) is 11.7 Å². The molecule has 0 saturated heterocycles. The van der Waals surface area contributed by atoms with Crippen molar-refractivity contribution in [1.29, 1.82) is 0 Å². The summed E-state index contributed by atoms with van der Waals surface area (Å²) in [6, 6.07) is 3.76. The van der Waals surface area contributed by atoms with Gasteiger partial charge < -0.3 is 10.8 Å². The average molecular weight is 228 g/mol. The van der Waals surface area contributed by atoms with Gasteiger partial charge in [-0.1, -0.05) is 0 Å². The van der Waals surface area contributed by atoms with Crippen molar-refractivity contribution in [2.24, 2.45) is 11.7 Å². The van der Waals surface area contributed by atoms with Gasteiger partial charge in [-0.3, -0.25) is 0 Å². The van der Waals surface area contributed by atoms with Crippen LogP contribution in [-0.2, 0) is 0 Å². The van der Waals surface area contributed by atoms with Crippen LogP contribution in [0.3, 0.4) is 0 Å². The van der Waals surface area contributed by atoms with E-state index in [9.17, 15) is 5.11 Å². The van der Waals surface area contributed by atoms with E-state index in [1.165, 1.54) is 18.4 Å².